The summed E-state index contributed by atoms with van der Waals surface area (Å²) >= 11 is 0. The van der Waals surface area contributed by atoms with Crippen molar-refractivity contribution in [3.63, 3.8) is 0 Å². The Balaban J connectivity index is 2.01. The minimum atomic E-state index is -0.526. The van der Waals surface area contributed by atoms with Crippen LogP contribution in [-0.4, -0.2) is 59.8 Å². The number of nitrogens with zero attached hydrogens (tertiary/aromatic N) is 2. The Labute approximate surface area is 152 Å². The average Bonchev–Trinajstić information content (AvgIpc) is 2.52. The van der Waals surface area contributed by atoms with E-state index in [9.17, 15) is 9.90 Å². The minimum Gasteiger partial charge on any atom is -0.392 e. The van der Waals surface area contributed by atoms with Gasteiger partial charge in [0.2, 0.25) is 0 Å². The number of urea groups is 1. The molecule has 2 amide bonds. The van der Waals surface area contributed by atoms with E-state index in [0.717, 1.165) is 26.1 Å². The van der Waals surface area contributed by atoms with Gasteiger partial charge in [0.1, 0.15) is 0 Å². The number of rotatable bonds is 5. The third kappa shape index (κ3) is 5.72. The van der Waals surface area contributed by atoms with Crippen LogP contribution in [0.2, 0.25) is 0 Å². The van der Waals surface area contributed by atoms with E-state index in [4.69, 9.17) is 0 Å². The molecule has 1 aliphatic rings. The molecular formula is C20H33N3O2. The van der Waals surface area contributed by atoms with Crippen molar-refractivity contribution in [3.8, 4) is 0 Å². The predicted octanol–water partition coefficient (Wildman–Crippen LogP) is 2.48. The minimum absolute atomic E-state index is 0.0433. The number of nitrogens with one attached hydrogen (secondary N) is 1. The molecule has 0 aliphatic carbocycles. The third-order valence-electron chi connectivity index (χ3n) is 4.88. The fourth-order valence-corrected chi connectivity index (χ4v) is 3.24. The molecule has 0 aromatic heterocycles. The molecular weight excluding hydrogens is 314 g/mol. The van der Waals surface area contributed by atoms with Gasteiger partial charge in [-0.15, -0.1) is 0 Å². The Bertz CT molecular complexity index is 581. The van der Waals surface area contributed by atoms with Crippen molar-refractivity contribution in [2.24, 2.45) is 5.41 Å². The summed E-state index contributed by atoms with van der Waals surface area (Å²) in [5.74, 6) is 0. The number of likely N-dealkylation sites (N-methyl/N-ethyl adjacent to an activating group) is 1. The number of aliphatic hydroxyl groups is 1. The van der Waals surface area contributed by atoms with E-state index in [0.29, 0.717) is 6.54 Å². The largest absolute Gasteiger partial charge is 0.392 e. The van der Waals surface area contributed by atoms with Gasteiger partial charge in [0.05, 0.1) is 6.10 Å². The van der Waals surface area contributed by atoms with Crippen LogP contribution in [0.15, 0.2) is 24.3 Å². The highest BCUT2D eigenvalue weighted by atomic mass is 16.3. The van der Waals surface area contributed by atoms with Crippen molar-refractivity contribution in [2.75, 3.05) is 26.7 Å². The Kier molecular flexibility index (Phi) is 6.47. The van der Waals surface area contributed by atoms with Crippen molar-refractivity contribution in [2.45, 2.75) is 52.8 Å². The molecule has 2 rings (SSSR count). The molecule has 0 bridgehead atoms. The van der Waals surface area contributed by atoms with Crippen molar-refractivity contribution < 1.29 is 9.90 Å². The summed E-state index contributed by atoms with van der Waals surface area (Å²) in [6.45, 7) is 11.3. The average molecular weight is 348 g/mol. The Hall–Kier alpha value is -1.59. The standard InChI is InChI=1S/C20H33N3O2/c1-15(24)12-22(5)19(25)21-18(20(2,3)4)14-23-11-10-16-8-6-7-9-17(16)13-23/h6-9,15,18,24H,10-14H2,1-5H3,(H,21,25). The topological polar surface area (TPSA) is 55.8 Å². The number of carbonyl (C=O) groups excluding carboxylic acids is 1. The van der Waals surface area contributed by atoms with Gasteiger partial charge in [-0.1, -0.05) is 45.0 Å². The lowest BCUT2D eigenvalue weighted by molar-refractivity contribution is 0.128. The molecule has 0 saturated carbocycles. The summed E-state index contributed by atoms with van der Waals surface area (Å²) in [4.78, 5) is 16.4. The first kappa shape index (κ1) is 19.7. The van der Waals surface area contributed by atoms with Gasteiger partial charge in [0.25, 0.3) is 0 Å². The van der Waals surface area contributed by atoms with Crippen molar-refractivity contribution >= 4 is 6.03 Å². The maximum atomic E-state index is 12.5. The summed E-state index contributed by atoms with van der Waals surface area (Å²) in [6, 6.07) is 8.52. The fraction of sp³-hybridized carbons (Fsp3) is 0.650. The number of fused-ring (bicyclic) bond motifs is 1. The van der Waals surface area contributed by atoms with E-state index in [-0.39, 0.29) is 17.5 Å². The molecule has 0 radical (unpaired) electrons. The molecule has 2 atom stereocenters. The van der Waals surface area contributed by atoms with E-state index < -0.39 is 6.10 Å². The Morgan fingerprint density at radius 1 is 1.32 bits per heavy atom. The molecule has 0 spiro atoms. The van der Waals surface area contributed by atoms with Gasteiger partial charge in [0, 0.05) is 39.3 Å². The number of benzene rings is 1. The number of hydrogen-bond donors (Lipinski definition) is 2. The second-order valence-electron chi connectivity index (χ2n) is 8.35. The lowest BCUT2D eigenvalue weighted by atomic mass is 9.86. The van der Waals surface area contributed by atoms with Gasteiger partial charge in [-0.25, -0.2) is 4.79 Å². The van der Waals surface area contributed by atoms with Gasteiger partial charge >= 0.3 is 6.03 Å². The molecule has 25 heavy (non-hydrogen) atoms. The van der Waals surface area contributed by atoms with Crippen molar-refractivity contribution in [1.82, 2.24) is 15.1 Å². The highest BCUT2D eigenvalue weighted by Gasteiger charge is 2.30. The van der Waals surface area contributed by atoms with E-state index in [1.54, 1.807) is 18.9 Å². The molecule has 1 aromatic rings. The summed E-state index contributed by atoms with van der Waals surface area (Å²) in [5.41, 5.74) is 2.78. The van der Waals surface area contributed by atoms with E-state index in [1.165, 1.54) is 11.1 Å². The first-order chi connectivity index (χ1) is 11.7. The molecule has 0 saturated heterocycles. The SMILES string of the molecule is CC(O)CN(C)C(=O)NC(CN1CCc2ccccc2C1)C(C)(C)C. The van der Waals surface area contributed by atoms with Crippen LogP contribution in [0.5, 0.6) is 0 Å². The molecule has 0 fully saturated rings. The highest BCUT2D eigenvalue weighted by molar-refractivity contribution is 5.74. The van der Waals surface area contributed by atoms with Gasteiger partial charge in [-0.3, -0.25) is 4.90 Å². The summed E-state index contributed by atoms with van der Waals surface area (Å²) in [6.07, 6.45) is 0.533. The second kappa shape index (κ2) is 8.19. The molecule has 2 N–H and O–H groups in total. The monoisotopic (exact) mass is 347 g/mol. The normalized spacial score (nSPS) is 17.5. The van der Waals surface area contributed by atoms with Crippen molar-refractivity contribution in [3.05, 3.63) is 35.4 Å². The van der Waals surface area contributed by atoms with Crippen LogP contribution in [0, 0.1) is 5.41 Å². The number of amides is 2. The predicted molar refractivity (Wildman–Crippen MR) is 102 cm³/mol. The first-order valence-electron chi connectivity index (χ1n) is 9.15. The van der Waals surface area contributed by atoms with Gasteiger partial charge in [-0.05, 0) is 29.9 Å². The molecule has 1 aliphatic heterocycles. The summed E-state index contributed by atoms with van der Waals surface area (Å²) in [7, 11) is 1.72. The van der Waals surface area contributed by atoms with Crippen LogP contribution in [-0.2, 0) is 13.0 Å². The van der Waals surface area contributed by atoms with Crippen LogP contribution in [0.4, 0.5) is 4.79 Å². The van der Waals surface area contributed by atoms with Crippen LogP contribution in [0.25, 0.3) is 0 Å². The van der Waals surface area contributed by atoms with Gasteiger partial charge in [-0.2, -0.15) is 0 Å². The van der Waals surface area contributed by atoms with Crippen molar-refractivity contribution in [1.29, 1.82) is 0 Å². The van der Waals surface area contributed by atoms with E-state index >= 15 is 0 Å². The first-order valence-corrected chi connectivity index (χ1v) is 9.15. The van der Waals surface area contributed by atoms with Gasteiger partial charge < -0.3 is 15.3 Å². The number of carbonyl (C=O) groups is 1. The molecule has 5 nitrogen and oxygen atoms in total. The third-order valence-corrected chi connectivity index (χ3v) is 4.88. The lowest BCUT2D eigenvalue weighted by Gasteiger charge is -2.38. The maximum Gasteiger partial charge on any atom is 0.317 e. The number of aliphatic hydroxyl groups excluding tert-OH is 1. The lowest BCUT2D eigenvalue weighted by Crippen LogP contribution is -2.54. The smallest absolute Gasteiger partial charge is 0.317 e. The fourth-order valence-electron chi connectivity index (χ4n) is 3.24. The Morgan fingerprint density at radius 3 is 2.56 bits per heavy atom. The zero-order chi connectivity index (χ0) is 18.6. The molecule has 1 aromatic carbocycles. The molecule has 140 valence electrons. The van der Waals surface area contributed by atoms with E-state index in [1.807, 2.05) is 0 Å². The Morgan fingerprint density at radius 2 is 1.96 bits per heavy atom. The highest BCUT2D eigenvalue weighted by Crippen LogP contribution is 2.24. The molecule has 2 unspecified atom stereocenters. The quantitative estimate of drug-likeness (QED) is 0.860. The number of hydrogen-bond acceptors (Lipinski definition) is 3. The second-order valence-corrected chi connectivity index (χ2v) is 8.35. The van der Waals surface area contributed by atoms with Gasteiger partial charge in [0.15, 0.2) is 0 Å². The summed E-state index contributed by atoms with van der Waals surface area (Å²) < 4.78 is 0. The van der Waals surface area contributed by atoms with Crippen LogP contribution < -0.4 is 5.32 Å². The zero-order valence-corrected chi connectivity index (χ0v) is 16.2. The van der Waals surface area contributed by atoms with Crippen LogP contribution in [0.3, 0.4) is 0 Å². The zero-order valence-electron chi connectivity index (χ0n) is 16.2. The van der Waals surface area contributed by atoms with Crippen LogP contribution in [0.1, 0.15) is 38.8 Å². The summed E-state index contributed by atoms with van der Waals surface area (Å²) in [5, 5.41) is 12.7. The molecule has 1 heterocycles. The molecule has 5 heteroatoms. The maximum absolute atomic E-state index is 12.5. The van der Waals surface area contributed by atoms with Crippen LogP contribution >= 0.6 is 0 Å². The van der Waals surface area contributed by atoms with E-state index in [2.05, 4.69) is 55.3 Å².